The van der Waals surface area contributed by atoms with Crippen LogP contribution in [0.1, 0.15) is 38.3 Å². The molecule has 0 aliphatic carbocycles. The summed E-state index contributed by atoms with van der Waals surface area (Å²) in [6.45, 7) is 10.3. The van der Waals surface area contributed by atoms with Crippen LogP contribution in [0.3, 0.4) is 0 Å². The lowest BCUT2D eigenvalue weighted by atomic mass is 9.98. The van der Waals surface area contributed by atoms with Gasteiger partial charge in [-0.05, 0) is 60.7 Å². The lowest BCUT2D eigenvalue weighted by molar-refractivity contribution is 0.0342. The quantitative estimate of drug-likeness (QED) is 0.606. The molecule has 0 saturated carbocycles. The van der Waals surface area contributed by atoms with Crippen LogP contribution in [0.15, 0.2) is 53.3 Å². The van der Waals surface area contributed by atoms with Gasteiger partial charge in [0.25, 0.3) is 11.5 Å². The summed E-state index contributed by atoms with van der Waals surface area (Å²) in [7, 11) is 0. The van der Waals surface area contributed by atoms with E-state index in [1.165, 1.54) is 5.56 Å². The van der Waals surface area contributed by atoms with Gasteiger partial charge in [0.15, 0.2) is 0 Å². The zero-order valence-electron chi connectivity index (χ0n) is 19.5. The van der Waals surface area contributed by atoms with Crippen molar-refractivity contribution in [2.45, 2.75) is 33.9 Å². The maximum Gasteiger partial charge on any atom is 0.253 e. The molecule has 0 atom stereocenters. The Morgan fingerprint density at radius 2 is 1.67 bits per heavy atom. The Balaban J connectivity index is 1.47. The summed E-state index contributed by atoms with van der Waals surface area (Å²) in [5, 5.41) is 2.92. The number of aromatic nitrogens is 1. The van der Waals surface area contributed by atoms with Crippen LogP contribution in [0.2, 0.25) is 0 Å². The van der Waals surface area contributed by atoms with Crippen molar-refractivity contribution in [3.05, 3.63) is 92.4 Å². The van der Waals surface area contributed by atoms with Gasteiger partial charge in [0, 0.05) is 43.0 Å². The Kier molecular flexibility index (Phi) is 7.06. The smallest absolute Gasteiger partial charge is 0.253 e. The van der Waals surface area contributed by atoms with Gasteiger partial charge in [0.1, 0.15) is 0 Å². The van der Waals surface area contributed by atoms with Gasteiger partial charge >= 0.3 is 0 Å². The van der Waals surface area contributed by atoms with E-state index >= 15 is 0 Å². The molecule has 172 valence electrons. The summed E-state index contributed by atoms with van der Waals surface area (Å²) < 4.78 is 5.42. The lowest BCUT2D eigenvalue weighted by Crippen LogP contribution is -2.35. The van der Waals surface area contributed by atoms with E-state index in [1.54, 1.807) is 0 Å². The van der Waals surface area contributed by atoms with Gasteiger partial charge in [-0.15, -0.1) is 0 Å². The van der Waals surface area contributed by atoms with E-state index in [1.807, 2.05) is 45.0 Å². The third-order valence-corrected chi connectivity index (χ3v) is 6.20. The number of aryl methyl sites for hydroxylation is 3. The molecule has 0 unspecified atom stereocenters. The summed E-state index contributed by atoms with van der Waals surface area (Å²) in [5.41, 5.74) is 6.96. The van der Waals surface area contributed by atoms with Crippen molar-refractivity contribution in [2.75, 3.05) is 26.3 Å². The summed E-state index contributed by atoms with van der Waals surface area (Å²) in [6.07, 6.45) is 0. The molecular weight excluding hydrogens is 414 g/mol. The highest BCUT2D eigenvalue weighted by Crippen LogP contribution is 2.24. The van der Waals surface area contributed by atoms with Gasteiger partial charge in [0.05, 0.1) is 13.2 Å². The van der Waals surface area contributed by atoms with Crippen molar-refractivity contribution in [3.63, 3.8) is 0 Å². The highest BCUT2D eigenvalue weighted by molar-refractivity contribution is 5.96. The normalized spacial score (nSPS) is 14.3. The van der Waals surface area contributed by atoms with Crippen molar-refractivity contribution >= 4 is 5.91 Å². The number of hydrogen-bond donors (Lipinski definition) is 2. The molecule has 3 aromatic rings. The topological polar surface area (TPSA) is 74.4 Å². The third kappa shape index (κ3) is 5.59. The molecule has 1 aromatic heterocycles. The van der Waals surface area contributed by atoms with Gasteiger partial charge < -0.3 is 15.0 Å². The maximum atomic E-state index is 12.9. The number of benzene rings is 2. The molecule has 0 spiro atoms. The number of pyridine rings is 1. The number of rotatable bonds is 6. The minimum atomic E-state index is -0.183. The molecule has 2 N–H and O–H groups in total. The van der Waals surface area contributed by atoms with E-state index in [9.17, 15) is 9.59 Å². The third-order valence-electron chi connectivity index (χ3n) is 6.20. The molecule has 6 nitrogen and oxygen atoms in total. The van der Waals surface area contributed by atoms with Crippen LogP contribution in [-0.4, -0.2) is 42.1 Å². The molecule has 0 bridgehead atoms. The number of ether oxygens (including phenoxy) is 1. The summed E-state index contributed by atoms with van der Waals surface area (Å²) in [6, 6.07) is 16.4. The fourth-order valence-corrected chi connectivity index (χ4v) is 4.23. The van der Waals surface area contributed by atoms with Crippen LogP contribution in [0, 0.1) is 20.8 Å². The van der Waals surface area contributed by atoms with E-state index in [2.05, 4.69) is 39.5 Å². The first-order valence-corrected chi connectivity index (χ1v) is 11.4. The first-order valence-electron chi connectivity index (χ1n) is 11.4. The maximum absolute atomic E-state index is 12.9. The number of nitrogens with zero attached hydrogens (tertiary/aromatic N) is 1. The van der Waals surface area contributed by atoms with Crippen LogP contribution in [0.5, 0.6) is 0 Å². The Bertz CT molecular complexity index is 1190. The molecule has 4 rings (SSSR count). The molecule has 2 heterocycles. The molecular formula is C27H31N3O3. The average Bonchev–Trinajstić information content (AvgIpc) is 2.80. The zero-order chi connectivity index (χ0) is 23.4. The monoisotopic (exact) mass is 445 g/mol. The summed E-state index contributed by atoms with van der Waals surface area (Å²) in [4.78, 5) is 30.4. The number of hydrogen-bond acceptors (Lipinski definition) is 4. The van der Waals surface area contributed by atoms with Gasteiger partial charge in [-0.2, -0.15) is 0 Å². The number of carbonyl (C=O) groups is 1. The van der Waals surface area contributed by atoms with Crippen molar-refractivity contribution < 1.29 is 9.53 Å². The van der Waals surface area contributed by atoms with Gasteiger partial charge in [-0.1, -0.05) is 36.4 Å². The minimum absolute atomic E-state index is 0.157. The number of amides is 1. The molecule has 1 aliphatic rings. The van der Waals surface area contributed by atoms with Crippen molar-refractivity contribution in [1.29, 1.82) is 0 Å². The standard InChI is InChI=1S/C27H31N3O3/c1-18-4-7-23(22-8-5-21(6-9-22)17-30-10-12-33-13-11-30)15-24(18)26(31)28-16-25-19(2)14-20(3)29-27(25)32/h4-9,14-15H,10-13,16-17H2,1-3H3,(H,28,31)(H,29,32). The number of H-pyrrole nitrogens is 1. The second kappa shape index (κ2) is 10.1. The van der Waals surface area contributed by atoms with Crippen LogP contribution in [0.4, 0.5) is 0 Å². The van der Waals surface area contributed by atoms with Gasteiger partial charge in [-0.25, -0.2) is 0 Å². The van der Waals surface area contributed by atoms with E-state index in [4.69, 9.17) is 4.74 Å². The molecule has 0 radical (unpaired) electrons. The second-order valence-corrected chi connectivity index (χ2v) is 8.74. The molecule has 1 amide bonds. The summed E-state index contributed by atoms with van der Waals surface area (Å²) in [5.74, 6) is -0.183. The first-order chi connectivity index (χ1) is 15.9. The van der Waals surface area contributed by atoms with E-state index in [-0.39, 0.29) is 18.0 Å². The van der Waals surface area contributed by atoms with Crippen molar-refractivity contribution in [2.24, 2.45) is 0 Å². The molecule has 6 heteroatoms. The highest BCUT2D eigenvalue weighted by atomic mass is 16.5. The average molecular weight is 446 g/mol. The van der Waals surface area contributed by atoms with E-state index in [0.29, 0.717) is 11.1 Å². The Hall–Kier alpha value is -3.22. The molecule has 2 aromatic carbocycles. The van der Waals surface area contributed by atoms with Crippen molar-refractivity contribution in [1.82, 2.24) is 15.2 Å². The van der Waals surface area contributed by atoms with Crippen LogP contribution < -0.4 is 10.9 Å². The molecule has 1 aliphatic heterocycles. The molecule has 1 saturated heterocycles. The Morgan fingerprint density at radius 1 is 0.970 bits per heavy atom. The lowest BCUT2D eigenvalue weighted by Gasteiger charge is -2.26. The Morgan fingerprint density at radius 3 is 2.36 bits per heavy atom. The fourth-order valence-electron chi connectivity index (χ4n) is 4.23. The minimum Gasteiger partial charge on any atom is -0.379 e. The predicted octanol–water partition coefficient (Wildman–Crippen LogP) is 3.73. The van der Waals surface area contributed by atoms with Gasteiger partial charge in [0.2, 0.25) is 0 Å². The SMILES string of the molecule is Cc1cc(C)c(CNC(=O)c2cc(-c3ccc(CN4CCOCC4)cc3)ccc2C)c(=O)[nH]1. The number of morpholine rings is 1. The number of aromatic amines is 1. The Labute approximate surface area is 194 Å². The van der Waals surface area contributed by atoms with E-state index in [0.717, 1.165) is 60.8 Å². The van der Waals surface area contributed by atoms with Gasteiger partial charge in [-0.3, -0.25) is 14.5 Å². The van der Waals surface area contributed by atoms with Crippen LogP contribution in [0.25, 0.3) is 11.1 Å². The largest absolute Gasteiger partial charge is 0.379 e. The van der Waals surface area contributed by atoms with E-state index < -0.39 is 0 Å². The highest BCUT2D eigenvalue weighted by Gasteiger charge is 2.14. The molecule has 1 fully saturated rings. The van der Waals surface area contributed by atoms with Crippen molar-refractivity contribution in [3.8, 4) is 11.1 Å². The first kappa shape index (κ1) is 23.0. The van der Waals surface area contributed by atoms with Crippen LogP contribution >= 0.6 is 0 Å². The molecule has 33 heavy (non-hydrogen) atoms. The number of carbonyl (C=O) groups excluding carboxylic acids is 1. The van der Waals surface area contributed by atoms with Crippen LogP contribution in [-0.2, 0) is 17.8 Å². The summed E-state index contributed by atoms with van der Waals surface area (Å²) >= 11 is 0. The zero-order valence-corrected chi connectivity index (χ0v) is 19.5. The second-order valence-electron chi connectivity index (χ2n) is 8.74. The fraction of sp³-hybridized carbons (Fsp3) is 0.333. The predicted molar refractivity (Wildman–Crippen MR) is 130 cm³/mol. The number of nitrogens with one attached hydrogen (secondary N) is 2.